The summed E-state index contributed by atoms with van der Waals surface area (Å²) in [6.45, 7) is 11.3. The number of hydrogen-bond acceptors (Lipinski definition) is 8. The quantitative estimate of drug-likeness (QED) is 0.260. The number of fused-ring (bicyclic) bond motifs is 1. The van der Waals surface area contributed by atoms with Crippen LogP contribution in [-0.4, -0.2) is 89.5 Å². The summed E-state index contributed by atoms with van der Waals surface area (Å²) in [6.07, 6.45) is 6.07. The van der Waals surface area contributed by atoms with Gasteiger partial charge in [-0.25, -0.2) is 8.42 Å². The van der Waals surface area contributed by atoms with E-state index in [1.54, 1.807) is 23.5 Å². The Morgan fingerprint density at radius 2 is 1.80 bits per heavy atom. The molecule has 1 aliphatic carbocycles. The zero-order chi connectivity index (χ0) is 34.6. The summed E-state index contributed by atoms with van der Waals surface area (Å²) < 4.78 is 53.7. The van der Waals surface area contributed by atoms with Crippen LogP contribution >= 0.6 is 0 Å². The molecule has 0 spiro atoms. The molecule has 11 heteroatoms. The molecular formula is C38H55N3O7S. The van der Waals surface area contributed by atoms with Crippen LogP contribution in [0.4, 0.5) is 5.69 Å². The highest BCUT2D eigenvalue weighted by atomic mass is 32.2. The fourth-order valence-electron chi connectivity index (χ4n) is 7.62. The fraction of sp³-hybridized carbons (Fsp3) is 0.658. The third kappa shape index (κ3) is 8.79. The Morgan fingerprint density at radius 3 is 2.51 bits per heavy atom. The first-order valence-corrected chi connectivity index (χ1v) is 19.5. The Hall–Kier alpha value is -2.70. The molecule has 0 aromatic heterocycles. The molecule has 3 heterocycles. The summed E-state index contributed by atoms with van der Waals surface area (Å²) in [4.78, 5) is 16.2. The predicted octanol–water partition coefficient (Wildman–Crippen LogP) is 5.46. The number of nitrogens with one attached hydrogen (secondary N) is 1. The van der Waals surface area contributed by atoms with Crippen molar-refractivity contribution >= 4 is 21.6 Å². The minimum absolute atomic E-state index is 0.0705. The van der Waals surface area contributed by atoms with E-state index in [0.717, 1.165) is 87.4 Å². The van der Waals surface area contributed by atoms with Crippen molar-refractivity contribution in [2.24, 2.45) is 11.3 Å². The van der Waals surface area contributed by atoms with Gasteiger partial charge in [0.2, 0.25) is 15.9 Å². The van der Waals surface area contributed by atoms with Gasteiger partial charge in [0.05, 0.1) is 35.3 Å². The first kappa shape index (κ1) is 36.1. The van der Waals surface area contributed by atoms with E-state index in [1.165, 1.54) is 0 Å². The van der Waals surface area contributed by atoms with Gasteiger partial charge < -0.3 is 29.2 Å². The van der Waals surface area contributed by atoms with Crippen molar-refractivity contribution in [1.82, 2.24) is 9.62 Å². The Kier molecular flexibility index (Phi) is 11.3. The van der Waals surface area contributed by atoms with Crippen molar-refractivity contribution in [3.8, 4) is 5.75 Å². The summed E-state index contributed by atoms with van der Waals surface area (Å²) in [5.41, 5.74) is 2.28. The summed E-state index contributed by atoms with van der Waals surface area (Å²) in [5, 5.41) is 3.22. The minimum atomic E-state index is -3.81. The van der Waals surface area contributed by atoms with E-state index < -0.39 is 15.4 Å². The maximum Gasteiger partial charge on any atom is 0.243 e. The third-order valence-corrected chi connectivity index (χ3v) is 12.6. The number of ether oxygens (including phenoxy) is 4. The second-order valence-corrected chi connectivity index (χ2v) is 17.1. The van der Waals surface area contributed by atoms with Crippen LogP contribution in [0.2, 0.25) is 0 Å². The maximum atomic E-state index is 14.2. The van der Waals surface area contributed by atoms with Gasteiger partial charge >= 0.3 is 0 Å². The van der Waals surface area contributed by atoms with Crippen molar-refractivity contribution in [3.63, 3.8) is 0 Å². The number of carbonyl (C=O) groups excluding carboxylic acids is 1. The number of benzene rings is 2. The number of methoxy groups -OCH3 is 1. The van der Waals surface area contributed by atoms with Gasteiger partial charge in [-0.1, -0.05) is 23.8 Å². The number of carbonyl (C=O) groups is 1. The molecule has 49 heavy (non-hydrogen) atoms. The van der Waals surface area contributed by atoms with Crippen molar-refractivity contribution in [2.45, 2.75) is 101 Å². The number of anilines is 1. The second kappa shape index (κ2) is 15.3. The van der Waals surface area contributed by atoms with Crippen molar-refractivity contribution < 1.29 is 32.2 Å². The van der Waals surface area contributed by atoms with E-state index in [9.17, 15) is 13.2 Å². The van der Waals surface area contributed by atoms with Crippen LogP contribution in [0.5, 0.6) is 5.75 Å². The number of rotatable bonds is 14. The second-order valence-electron chi connectivity index (χ2n) is 15.2. The number of amides is 1. The van der Waals surface area contributed by atoms with Gasteiger partial charge in [0.25, 0.3) is 0 Å². The van der Waals surface area contributed by atoms with Gasteiger partial charge in [-0.2, -0.15) is 4.31 Å². The molecule has 1 saturated carbocycles. The molecule has 0 bridgehead atoms. The molecule has 0 unspecified atom stereocenters. The van der Waals surface area contributed by atoms with E-state index in [4.69, 9.17) is 18.9 Å². The van der Waals surface area contributed by atoms with Crippen LogP contribution < -0.4 is 15.0 Å². The Balaban J connectivity index is 1.14. The van der Waals surface area contributed by atoms with Gasteiger partial charge in [0.1, 0.15) is 11.4 Å². The maximum absolute atomic E-state index is 14.2. The number of nitrogens with zero attached hydrogens (tertiary/aromatic N) is 2. The van der Waals surface area contributed by atoms with Gasteiger partial charge in [0.15, 0.2) is 0 Å². The molecule has 0 radical (unpaired) electrons. The Morgan fingerprint density at radius 1 is 1.04 bits per heavy atom. The van der Waals surface area contributed by atoms with E-state index in [1.807, 2.05) is 31.2 Å². The zero-order valence-electron chi connectivity index (χ0n) is 29.7. The predicted molar refractivity (Wildman–Crippen MR) is 189 cm³/mol. The lowest BCUT2D eigenvalue weighted by molar-refractivity contribution is -0.127. The monoisotopic (exact) mass is 697 g/mol. The Labute approximate surface area is 292 Å². The lowest BCUT2D eigenvalue weighted by atomic mass is 9.90. The molecule has 2 aromatic rings. The molecule has 2 atom stereocenters. The van der Waals surface area contributed by atoms with Crippen molar-refractivity contribution in [2.75, 3.05) is 58.0 Å². The highest BCUT2D eigenvalue weighted by Crippen LogP contribution is 2.52. The summed E-state index contributed by atoms with van der Waals surface area (Å²) in [6, 6.07) is 13.0. The smallest absolute Gasteiger partial charge is 0.243 e. The van der Waals surface area contributed by atoms with E-state index >= 15 is 0 Å². The minimum Gasteiger partial charge on any atom is -0.484 e. The molecule has 1 N–H and O–H groups in total. The van der Waals surface area contributed by atoms with Gasteiger partial charge in [-0.15, -0.1) is 0 Å². The van der Waals surface area contributed by atoms with Gasteiger partial charge in [-0.05, 0) is 108 Å². The number of aryl methyl sites for hydroxylation is 1. The van der Waals surface area contributed by atoms with Crippen LogP contribution in [0.25, 0.3) is 0 Å². The standard InChI is InChI=1S/C38H55N3O7S/c1-28-6-11-33(12-7-28)49(43,44)41-25-32(10-9-31(41)23-38(16-17-38)36(42)39-24-29-14-20-46-21-15-29)47-26-30-8-13-35-34(22-30)40(18-5-19-45-4)27-37(2,3)48-35/h6-8,11-13,22,29,31-32H,5,9-10,14-21,23-27H2,1-4H3,(H,39,42)/t31-,32+/m0/s1. The molecular weight excluding hydrogens is 642 g/mol. The first-order valence-electron chi connectivity index (χ1n) is 18.1. The normalized spacial score (nSPS) is 23.8. The van der Waals surface area contributed by atoms with Crippen LogP contribution in [0.15, 0.2) is 47.4 Å². The molecule has 6 rings (SSSR count). The highest BCUT2D eigenvalue weighted by Gasteiger charge is 2.53. The Bertz CT molecular complexity index is 1540. The number of piperidine rings is 1. The van der Waals surface area contributed by atoms with E-state index in [0.29, 0.717) is 38.5 Å². The molecule has 2 saturated heterocycles. The lowest BCUT2D eigenvalue weighted by Crippen LogP contribution is -2.51. The van der Waals surface area contributed by atoms with E-state index in [-0.39, 0.29) is 35.1 Å². The lowest BCUT2D eigenvalue weighted by Gasteiger charge is -2.41. The average Bonchev–Trinajstić information content (AvgIpc) is 3.87. The van der Waals surface area contributed by atoms with Crippen molar-refractivity contribution in [3.05, 3.63) is 53.6 Å². The van der Waals surface area contributed by atoms with Crippen molar-refractivity contribution in [1.29, 1.82) is 0 Å². The third-order valence-electron chi connectivity index (χ3n) is 10.7. The number of sulfonamides is 1. The van der Waals surface area contributed by atoms with Crippen LogP contribution in [0.1, 0.15) is 76.3 Å². The van der Waals surface area contributed by atoms with Gasteiger partial charge in [-0.3, -0.25) is 4.79 Å². The average molecular weight is 698 g/mol. The largest absolute Gasteiger partial charge is 0.484 e. The van der Waals surface area contributed by atoms with Crippen LogP contribution in [0, 0.1) is 18.3 Å². The summed E-state index contributed by atoms with van der Waals surface area (Å²) in [5.74, 6) is 1.37. The van der Waals surface area contributed by atoms with Crippen LogP contribution in [0.3, 0.4) is 0 Å². The van der Waals surface area contributed by atoms with Gasteiger partial charge in [0, 0.05) is 52.6 Å². The molecule has 3 fully saturated rings. The summed E-state index contributed by atoms with van der Waals surface area (Å²) in [7, 11) is -2.09. The molecule has 3 aliphatic heterocycles. The first-order chi connectivity index (χ1) is 23.5. The fourth-order valence-corrected chi connectivity index (χ4v) is 9.30. The summed E-state index contributed by atoms with van der Waals surface area (Å²) >= 11 is 0. The molecule has 270 valence electrons. The molecule has 2 aromatic carbocycles. The molecule has 1 amide bonds. The van der Waals surface area contributed by atoms with E-state index in [2.05, 4.69) is 30.1 Å². The highest BCUT2D eigenvalue weighted by molar-refractivity contribution is 7.89. The topological polar surface area (TPSA) is 107 Å². The van der Waals surface area contributed by atoms with Crippen LogP contribution in [-0.2, 0) is 35.6 Å². The SMILES string of the molecule is COCCCN1CC(C)(C)Oc2ccc(CO[C@@H]3CC[C@@H](CC4(C(=O)NCC5CCOCC5)CC4)N(S(=O)(=O)c4ccc(C)cc4)C3)cc21. The zero-order valence-corrected chi connectivity index (χ0v) is 30.6. The molecule has 10 nitrogen and oxygen atoms in total. The number of hydrogen-bond donors (Lipinski definition) is 1. The molecule has 4 aliphatic rings.